The number of benzene rings is 3. The van der Waals surface area contributed by atoms with E-state index in [9.17, 15) is 4.79 Å². The van der Waals surface area contributed by atoms with Crippen molar-refractivity contribution in [2.75, 3.05) is 6.61 Å². The number of rotatable bonds is 8. The fraction of sp³-hybridized carbons (Fsp3) is 0.227. The van der Waals surface area contributed by atoms with E-state index in [1.54, 1.807) is 12.1 Å². The first-order valence-corrected chi connectivity index (χ1v) is 9.82. The first kappa shape index (κ1) is 20.3. The van der Waals surface area contributed by atoms with Gasteiger partial charge in [0.05, 0.1) is 16.7 Å². The van der Waals surface area contributed by atoms with E-state index in [-0.39, 0.29) is 5.91 Å². The molecule has 0 spiro atoms. The van der Waals surface area contributed by atoms with Crippen LogP contribution in [0.4, 0.5) is 0 Å². The van der Waals surface area contributed by atoms with Gasteiger partial charge in [0.15, 0.2) is 5.75 Å². The van der Waals surface area contributed by atoms with Crippen LogP contribution >= 0.6 is 23.2 Å². The van der Waals surface area contributed by atoms with Crippen LogP contribution in [0.25, 0.3) is 10.8 Å². The monoisotopic (exact) mass is 417 g/mol. The minimum atomic E-state index is -0.267. The highest BCUT2D eigenvalue weighted by molar-refractivity contribution is 6.37. The number of primary amides is 1. The number of carbonyl (C=O) groups excluding carboxylic acids is 1. The summed E-state index contributed by atoms with van der Waals surface area (Å²) < 4.78 is 11.4. The molecule has 0 radical (unpaired) electrons. The van der Waals surface area contributed by atoms with Crippen molar-refractivity contribution in [2.24, 2.45) is 5.73 Å². The van der Waals surface area contributed by atoms with E-state index in [1.165, 1.54) is 5.56 Å². The van der Waals surface area contributed by atoms with E-state index in [4.69, 9.17) is 38.4 Å². The topological polar surface area (TPSA) is 61.6 Å². The van der Waals surface area contributed by atoms with Gasteiger partial charge in [0, 0.05) is 18.6 Å². The molecule has 0 aliphatic heterocycles. The number of nitrogens with two attached hydrogens (primary N) is 1. The molecular weight excluding hydrogens is 397 g/mol. The Kier molecular flexibility index (Phi) is 6.65. The van der Waals surface area contributed by atoms with Gasteiger partial charge < -0.3 is 15.2 Å². The van der Waals surface area contributed by atoms with Crippen LogP contribution in [-0.4, -0.2) is 12.5 Å². The molecule has 6 heteroatoms. The Morgan fingerprint density at radius 3 is 2.32 bits per heavy atom. The SMILES string of the molecule is CCOc1c(Cl)cc(Oc2ccc3cc(CCCC(N)=O)ccc3c2)cc1Cl. The maximum Gasteiger partial charge on any atom is 0.217 e. The van der Waals surface area contributed by atoms with Crippen molar-refractivity contribution >= 4 is 39.9 Å². The summed E-state index contributed by atoms with van der Waals surface area (Å²) in [6.07, 6.45) is 1.97. The van der Waals surface area contributed by atoms with Crippen LogP contribution in [0.1, 0.15) is 25.3 Å². The quantitative estimate of drug-likeness (QED) is 0.478. The summed E-state index contributed by atoms with van der Waals surface area (Å²) in [5, 5.41) is 2.97. The third kappa shape index (κ3) is 5.09. The number of hydrogen-bond acceptors (Lipinski definition) is 3. The van der Waals surface area contributed by atoms with Gasteiger partial charge in [-0.05, 0) is 48.2 Å². The predicted molar refractivity (Wildman–Crippen MR) is 114 cm³/mol. The Bertz CT molecular complexity index is 981. The van der Waals surface area contributed by atoms with Crippen LogP contribution in [-0.2, 0) is 11.2 Å². The summed E-state index contributed by atoms with van der Waals surface area (Å²) in [5.74, 6) is 1.42. The highest BCUT2D eigenvalue weighted by Crippen LogP contribution is 2.38. The van der Waals surface area contributed by atoms with E-state index in [1.807, 2.05) is 31.2 Å². The van der Waals surface area contributed by atoms with E-state index >= 15 is 0 Å². The molecule has 0 fully saturated rings. The average molecular weight is 418 g/mol. The molecule has 0 heterocycles. The predicted octanol–water partition coefficient (Wildman–Crippen LogP) is 6.15. The maximum atomic E-state index is 10.9. The normalized spacial score (nSPS) is 10.8. The molecule has 0 unspecified atom stereocenters. The Morgan fingerprint density at radius 2 is 1.64 bits per heavy atom. The molecule has 0 aromatic heterocycles. The molecule has 4 nitrogen and oxygen atoms in total. The van der Waals surface area contributed by atoms with Crippen LogP contribution in [0.2, 0.25) is 10.0 Å². The molecule has 146 valence electrons. The standard InChI is InChI=1S/C22H21Cl2NO3/c1-2-27-22-19(23)12-18(13-20(22)24)28-17-9-8-15-10-14(4-3-5-21(25)26)6-7-16(15)11-17/h6-13H,2-5H2,1H3,(H2,25,26). The summed E-state index contributed by atoms with van der Waals surface area (Å²) in [4.78, 5) is 10.9. The zero-order valence-electron chi connectivity index (χ0n) is 15.5. The number of carbonyl (C=O) groups is 1. The summed E-state index contributed by atoms with van der Waals surface area (Å²) in [5.41, 5.74) is 6.37. The van der Waals surface area contributed by atoms with Crippen molar-refractivity contribution in [3.63, 3.8) is 0 Å². The molecule has 0 bridgehead atoms. The molecule has 1 amide bonds. The average Bonchev–Trinajstić information content (AvgIpc) is 2.64. The van der Waals surface area contributed by atoms with Crippen molar-refractivity contribution in [1.82, 2.24) is 0 Å². The Morgan fingerprint density at radius 1 is 0.964 bits per heavy atom. The van der Waals surface area contributed by atoms with Gasteiger partial charge >= 0.3 is 0 Å². The summed E-state index contributed by atoms with van der Waals surface area (Å²) in [6, 6.07) is 15.4. The lowest BCUT2D eigenvalue weighted by Crippen LogP contribution is -2.10. The van der Waals surface area contributed by atoms with Gasteiger partial charge in [-0.2, -0.15) is 0 Å². The van der Waals surface area contributed by atoms with Gasteiger partial charge in [0.25, 0.3) is 0 Å². The number of fused-ring (bicyclic) bond motifs is 1. The minimum Gasteiger partial charge on any atom is -0.491 e. The van der Waals surface area contributed by atoms with E-state index < -0.39 is 0 Å². The molecule has 0 atom stereocenters. The van der Waals surface area contributed by atoms with Gasteiger partial charge in [-0.15, -0.1) is 0 Å². The van der Waals surface area contributed by atoms with Crippen molar-refractivity contribution in [3.8, 4) is 17.2 Å². The number of aryl methyl sites for hydroxylation is 1. The van der Waals surface area contributed by atoms with E-state index in [0.29, 0.717) is 40.3 Å². The third-order valence-corrected chi connectivity index (χ3v) is 4.82. The van der Waals surface area contributed by atoms with E-state index in [2.05, 4.69) is 12.1 Å². The zero-order chi connectivity index (χ0) is 20.1. The Labute approximate surface area is 174 Å². The van der Waals surface area contributed by atoms with Crippen LogP contribution in [0.15, 0.2) is 48.5 Å². The zero-order valence-corrected chi connectivity index (χ0v) is 17.0. The lowest BCUT2D eigenvalue weighted by atomic mass is 10.0. The highest BCUT2D eigenvalue weighted by Gasteiger charge is 2.11. The first-order valence-electron chi connectivity index (χ1n) is 9.07. The van der Waals surface area contributed by atoms with Crippen LogP contribution in [0, 0.1) is 0 Å². The van der Waals surface area contributed by atoms with Crippen LogP contribution < -0.4 is 15.2 Å². The second-order valence-electron chi connectivity index (χ2n) is 6.41. The molecule has 3 rings (SSSR count). The van der Waals surface area contributed by atoms with Crippen molar-refractivity contribution < 1.29 is 14.3 Å². The molecule has 3 aromatic rings. The summed E-state index contributed by atoms with van der Waals surface area (Å²) >= 11 is 12.5. The molecular formula is C22H21Cl2NO3. The fourth-order valence-corrected chi connectivity index (χ4v) is 3.55. The molecule has 0 saturated heterocycles. The van der Waals surface area contributed by atoms with Crippen molar-refractivity contribution in [3.05, 3.63) is 64.1 Å². The van der Waals surface area contributed by atoms with Gasteiger partial charge in [-0.1, -0.05) is 47.5 Å². The largest absolute Gasteiger partial charge is 0.491 e. The fourth-order valence-electron chi connectivity index (χ4n) is 2.97. The van der Waals surface area contributed by atoms with E-state index in [0.717, 1.165) is 23.6 Å². The second kappa shape index (κ2) is 9.18. The molecule has 3 aromatic carbocycles. The van der Waals surface area contributed by atoms with Gasteiger partial charge in [0.1, 0.15) is 11.5 Å². The third-order valence-electron chi connectivity index (χ3n) is 4.26. The Balaban J connectivity index is 1.76. The van der Waals surface area contributed by atoms with Gasteiger partial charge in [-0.3, -0.25) is 4.79 Å². The summed E-state index contributed by atoms with van der Waals surface area (Å²) in [7, 11) is 0. The molecule has 0 aliphatic carbocycles. The lowest BCUT2D eigenvalue weighted by Gasteiger charge is -2.12. The number of amides is 1. The number of halogens is 2. The summed E-state index contributed by atoms with van der Waals surface area (Å²) in [6.45, 7) is 2.35. The van der Waals surface area contributed by atoms with Crippen LogP contribution in [0.3, 0.4) is 0 Å². The number of hydrogen-bond donors (Lipinski definition) is 1. The molecule has 0 saturated carbocycles. The molecule has 28 heavy (non-hydrogen) atoms. The highest BCUT2D eigenvalue weighted by atomic mass is 35.5. The maximum absolute atomic E-state index is 10.9. The minimum absolute atomic E-state index is 0.267. The second-order valence-corrected chi connectivity index (χ2v) is 7.23. The van der Waals surface area contributed by atoms with Crippen molar-refractivity contribution in [1.29, 1.82) is 0 Å². The van der Waals surface area contributed by atoms with Crippen LogP contribution in [0.5, 0.6) is 17.2 Å². The number of ether oxygens (including phenoxy) is 2. The van der Waals surface area contributed by atoms with Gasteiger partial charge in [-0.25, -0.2) is 0 Å². The molecule has 2 N–H and O–H groups in total. The Hall–Kier alpha value is -2.43. The molecule has 0 aliphatic rings. The van der Waals surface area contributed by atoms with Gasteiger partial charge in [0.2, 0.25) is 5.91 Å². The van der Waals surface area contributed by atoms with Crippen molar-refractivity contribution in [2.45, 2.75) is 26.2 Å². The smallest absolute Gasteiger partial charge is 0.217 e. The lowest BCUT2D eigenvalue weighted by molar-refractivity contribution is -0.118. The first-order chi connectivity index (χ1) is 13.5.